The van der Waals surface area contributed by atoms with Crippen molar-refractivity contribution in [2.24, 2.45) is 0 Å². The molecule has 0 saturated carbocycles. The highest BCUT2D eigenvalue weighted by atomic mass is 32.1. The third-order valence-electron chi connectivity index (χ3n) is 3.74. The van der Waals surface area contributed by atoms with Crippen LogP contribution in [0.4, 0.5) is 0 Å². The van der Waals surface area contributed by atoms with E-state index in [0.29, 0.717) is 23.2 Å². The van der Waals surface area contributed by atoms with Gasteiger partial charge in [-0.1, -0.05) is 0 Å². The summed E-state index contributed by atoms with van der Waals surface area (Å²) in [5.74, 6) is 2.01. The van der Waals surface area contributed by atoms with Crippen LogP contribution < -0.4 is 24.8 Å². The Labute approximate surface area is 142 Å². The summed E-state index contributed by atoms with van der Waals surface area (Å²) in [6, 6.07) is 3.69. The molecule has 0 radical (unpaired) electrons. The molecule has 1 saturated heterocycles. The van der Waals surface area contributed by atoms with E-state index in [9.17, 15) is 0 Å². The predicted octanol–water partition coefficient (Wildman–Crippen LogP) is 1.86. The Morgan fingerprint density at radius 1 is 1.13 bits per heavy atom. The Morgan fingerprint density at radius 2 is 1.83 bits per heavy atom. The smallest absolute Gasteiger partial charge is 0.166 e. The van der Waals surface area contributed by atoms with Crippen LogP contribution in [0.15, 0.2) is 12.1 Å². The summed E-state index contributed by atoms with van der Waals surface area (Å²) in [7, 11) is 4.83. The molecule has 0 aromatic heterocycles. The maximum atomic E-state index is 5.56. The van der Waals surface area contributed by atoms with Gasteiger partial charge in [-0.3, -0.25) is 0 Å². The number of hydrogen-bond acceptors (Lipinski definition) is 5. The van der Waals surface area contributed by atoms with Crippen LogP contribution in [0, 0.1) is 0 Å². The molecule has 1 aromatic carbocycles. The number of ether oxygens (including phenoxy) is 4. The van der Waals surface area contributed by atoms with Gasteiger partial charge in [0.05, 0.1) is 27.4 Å². The number of nitrogens with one attached hydrogen (secondary N) is 2. The zero-order valence-corrected chi connectivity index (χ0v) is 14.6. The maximum absolute atomic E-state index is 5.56. The molecule has 0 aliphatic carbocycles. The van der Waals surface area contributed by atoms with Gasteiger partial charge in [0.25, 0.3) is 0 Å². The highest BCUT2D eigenvalue weighted by molar-refractivity contribution is 7.80. The molecule has 2 rings (SSSR count). The molecular formula is C16H24N2O4S. The molecule has 1 aliphatic rings. The van der Waals surface area contributed by atoms with Crippen LogP contribution >= 0.6 is 12.2 Å². The molecule has 0 spiro atoms. The van der Waals surface area contributed by atoms with E-state index in [2.05, 4.69) is 10.6 Å². The highest BCUT2D eigenvalue weighted by Crippen LogP contribution is 2.34. The summed E-state index contributed by atoms with van der Waals surface area (Å²) in [6.45, 7) is 2.10. The quantitative estimate of drug-likeness (QED) is 0.735. The van der Waals surface area contributed by atoms with E-state index in [1.54, 1.807) is 27.4 Å². The fourth-order valence-corrected chi connectivity index (χ4v) is 2.64. The van der Waals surface area contributed by atoms with Crippen LogP contribution in [0.2, 0.25) is 0 Å². The first-order valence-electron chi connectivity index (χ1n) is 7.60. The van der Waals surface area contributed by atoms with Gasteiger partial charge in [-0.05, 0) is 31.1 Å². The number of hydrogen-bond donors (Lipinski definition) is 2. The molecule has 1 aromatic rings. The van der Waals surface area contributed by atoms with Crippen molar-refractivity contribution in [3.8, 4) is 17.2 Å². The maximum Gasteiger partial charge on any atom is 0.166 e. The lowest BCUT2D eigenvalue weighted by Crippen LogP contribution is -2.39. The van der Waals surface area contributed by atoms with Crippen molar-refractivity contribution in [2.75, 3.05) is 34.5 Å². The molecule has 0 amide bonds. The number of thiocarbonyl (C=S) groups is 1. The van der Waals surface area contributed by atoms with Crippen LogP contribution in [0.3, 0.4) is 0 Å². The number of methoxy groups -OCH3 is 3. The first-order chi connectivity index (χ1) is 11.2. The molecular weight excluding hydrogens is 316 g/mol. The Hall–Kier alpha value is -1.73. The molecule has 1 aliphatic heterocycles. The summed E-state index contributed by atoms with van der Waals surface area (Å²) in [4.78, 5) is 0. The lowest BCUT2D eigenvalue weighted by molar-refractivity contribution is 0.114. The van der Waals surface area contributed by atoms with Gasteiger partial charge in [-0.2, -0.15) is 0 Å². The Bertz CT molecular complexity index is 533. The first-order valence-corrected chi connectivity index (χ1v) is 8.01. The molecule has 1 fully saturated rings. The molecule has 6 nitrogen and oxygen atoms in total. The minimum Gasteiger partial charge on any atom is -0.496 e. The van der Waals surface area contributed by atoms with Gasteiger partial charge in [-0.25, -0.2) is 0 Å². The van der Waals surface area contributed by atoms with Crippen molar-refractivity contribution in [1.29, 1.82) is 0 Å². The highest BCUT2D eigenvalue weighted by Gasteiger charge is 2.16. The van der Waals surface area contributed by atoms with E-state index in [1.165, 1.54) is 0 Å². The summed E-state index contributed by atoms with van der Waals surface area (Å²) < 4.78 is 21.6. The minimum atomic E-state index is 0.255. The van der Waals surface area contributed by atoms with Gasteiger partial charge >= 0.3 is 0 Å². The Kier molecular flexibility index (Phi) is 6.73. The van der Waals surface area contributed by atoms with E-state index < -0.39 is 0 Å². The van der Waals surface area contributed by atoms with Crippen molar-refractivity contribution < 1.29 is 18.9 Å². The van der Waals surface area contributed by atoms with Crippen LogP contribution in [-0.2, 0) is 11.3 Å². The fraction of sp³-hybridized carbons (Fsp3) is 0.562. The average Bonchev–Trinajstić information content (AvgIpc) is 3.10. The fourth-order valence-electron chi connectivity index (χ4n) is 2.48. The summed E-state index contributed by atoms with van der Waals surface area (Å²) >= 11 is 5.30. The second-order valence-electron chi connectivity index (χ2n) is 5.22. The average molecular weight is 340 g/mol. The summed E-state index contributed by atoms with van der Waals surface area (Å²) in [5, 5.41) is 6.95. The van der Waals surface area contributed by atoms with E-state index in [0.717, 1.165) is 37.3 Å². The monoisotopic (exact) mass is 340 g/mol. The largest absolute Gasteiger partial charge is 0.496 e. The van der Waals surface area contributed by atoms with Crippen LogP contribution in [0.5, 0.6) is 17.2 Å². The molecule has 1 atom stereocenters. The first kappa shape index (κ1) is 17.6. The van der Waals surface area contributed by atoms with Gasteiger partial charge < -0.3 is 29.6 Å². The number of rotatable bonds is 7. The topological polar surface area (TPSA) is 61.0 Å². The molecule has 1 heterocycles. The molecule has 0 unspecified atom stereocenters. The normalized spacial score (nSPS) is 16.7. The lowest BCUT2D eigenvalue weighted by atomic mass is 10.1. The zero-order valence-electron chi connectivity index (χ0n) is 13.8. The van der Waals surface area contributed by atoms with E-state index in [4.69, 9.17) is 31.2 Å². The summed E-state index contributed by atoms with van der Waals surface area (Å²) in [6.07, 6.45) is 2.46. The van der Waals surface area contributed by atoms with E-state index in [-0.39, 0.29) is 6.10 Å². The van der Waals surface area contributed by atoms with Gasteiger partial charge in [0, 0.05) is 31.3 Å². The molecule has 23 heavy (non-hydrogen) atoms. The van der Waals surface area contributed by atoms with Crippen LogP contribution in [-0.4, -0.2) is 45.7 Å². The van der Waals surface area contributed by atoms with Gasteiger partial charge in [0.2, 0.25) is 0 Å². The molecule has 128 valence electrons. The number of benzene rings is 1. The van der Waals surface area contributed by atoms with Crippen molar-refractivity contribution >= 4 is 17.3 Å². The SMILES string of the molecule is COc1cc(OC)c(OC)cc1CNC(=S)NC[C@H]1CCCO1. The van der Waals surface area contributed by atoms with E-state index in [1.807, 2.05) is 6.07 Å². The minimum absolute atomic E-state index is 0.255. The predicted molar refractivity (Wildman–Crippen MR) is 92.5 cm³/mol. The van der Waals surface area contributed by atoms with Crippen molar-refractivity contribution in [1.82, 2.24) is 10.6 Å². The third-order valence-corrected chi connectivity index (χ3v) is 4.03. The zero-order chi connectivity index (χ0) is 16.7. The van der Waals surface area contributed by atoms with Crippen molar-refractivity contribution in [3.63, 3.8) is 0 Å². The molecule has 0 bridgehead atoms. The Balaban J connectivity index is 1.91. The third kappa shape index (κ3) is 4.87. The van der Waals surface area contributed by atoms with E-state index >= 15 is 0 Å². The standard InChI is InChI=1S/C16H24N2O4S/c1-19-13-8-15(21-3)14(20-2)7-11(13)9-17-16(23)18-10-12-5-4-6-22-12/h7-8,12H,4-6,9-10H2,1-3H3,(H2,17,18,23)/t12-/m1/s1. The Morgan fingerprint density at radius 3 is 2.43 bits per heavy atom. The molecule has 2 N–H and O–H groups in total. The molecule has 7 heteroatoms. The second-order valence-corrected chi connectivity index (χ2v) is 5.63. The lowest BCUT2D eigenvalue weighted by Gasteiger charge is -2.17. The van der Waals surface area contributed by atoms with Crippen LogP contribution in [0.1, 0.15) is 18.4 Å². The van der Waals surface area contributed by atoms with Crippen LogP contribution in [0.25, 0.3) is 0 Å². The van der Waals surface area contributed by atoms with Gasteiger partial charge in [0.1, 0.15) is 5.75 Å². The van der Waals surface area contributed by atoms with Crippen molar-refractivity contribution in [2.45, 2.75) is 25.5 Å². The van der Waals surface area contributed by atoms with Crippen molar-refractivity contribution in [3.05, 3.63) is 17.7 Å². The summed E-state index contributed by atoms with van der Waals surface area (Å²) in [5.41, 5.74) is 0.936. The second kappa shape index (κ2) is 8.79. The van der Waals surface area contributed by atoms with Gasteiger partial charge in [-0.15, -0.1) is 0 Å². The van der Waals surface area contributed by atoms with Gasteiger partial charge in [0.15, 0.2) is 16.6 Å².